The Hall–Kier alpha value is -4.20. The molecule has 0 bridgehead atoms. The molecule has 0 fully saturated rings. The van der Waals surface area contributed by atoms with Crippen molar-refractivity contribution >= 4 is 28.4 Å². The van der Waals surface area contributed by atoms with Crippen molar-refractivity contribution in [2.45, 2.75) is 47.6 Å². The summed E-state index contributed by atoms with van der Waals surface area (Å²) < 4.78 is 20.1. The number of carbonyl (C=O) groups excluding carboxylic acids is 1. The highest BCUT2D eigenvalue weighted by Crippen LogP contribution is 2.33. The number of carbonyl (C=O) groups is 1. The minimum absolute atomic E-state index is 0.0950. The van der Waals surface area contributed by atoms with Crippen LogP contribution in [0.4, 0.5) is 20.7 Å². The summed E-state index contributed by atoms with van der Waals surface area (Å²) in [5.41, 5.74) is 5.41. The molecule has 0 spiro atoms. The number of urea groups is 1. The van der Waals surface area contributed by atoms with Crippen molar-refractivity contribution in [3.05, 3.63) is 77.4 Å². The first-order valence-corrected chi connectivity index (χ1v) is 13.4. The summed E-state index contributed by atoms with van der Waals surface area (Å²) in [5.74, 6) is 1.15. The number of hydrogen-bond donors (Lipinski definition) is 2. The van der Waals surface area contributed by atoms with Crippen molar-refractivity contribution in [1.29, 1.82) is 0 Å². The highest BCUT2D eigenvalue weighted by molar-refractivity contribution is 5.92. The third-order valence-corrected chi connectivity index (χ3v) is 6.86. The number of benzene rings is 2. The van der Waals surface area contributed by atoms with Crippen molar-refractivity contribution in [3.8, 4) is 16.9 Å². The molecule has 2 amide bonds. The Balaban J connectivity index is 1.56. The van der Waals surface area contributed by atoms with E-state index in [1.165, 1.54) is 6.07 Å². The van der Waals surface area contributed by atoms with Crippen LogP contribution in [-0.4, -0.2) is 36.7 Å². The maximum atomic E-state index is 14.8. The Kier molecular flexibility index (Phi) is 8.57. The van der Waals surface area contributed by atoms with Crippen molar-refractivity contribution in [1.82, 2.24) is 15.3 Å². The van der Waals surface area contributed by atoms with Gasteiger partial charge in [0.1, 0.15) is 17.4 Å². The lowest BCUT2D eigenvalue weighted by Gasteiger charge is -2.19. The number of anilines is 2. The molecule has 0 saturated heterocycles. The van der Waals surface area contributed by atoms with E-state index in [9.17, 15) is 9.18 Å². The number of pyridine rings is 2. The van der Waals surface area contributed by atoms with Crippen molar-refractivity contribution < 1.29 is 13.9 Å². The molecule has 0 radical (unpaired) electrons. The van der Waals surface area contributed by atoms with Crippen LogP contribution in [0.15, 0.2) is 54.7 Å². The second-order valence-electron chi connectivity index (χ2n) is 11.4. The fraction of sp³-hybridized carbons (Fsp3) is 0.344. The molecule has 2 aromatic carbocycles. The van der Waals surface area contributed by atoms with Gasteiger partial charge in [0.05, 0.1) is 18.3 Å². The van der Waals surface area contributed by atoms with Crippen LogP contribution in [0.5, 0.6) is 5.75 Å². The van der Waals surface area contributed by atoms with Gasteiger partial charge in [-0.25, -0.2) is 14.2 Å². The van der Waals surface area contributed by atoms with Crippen LogP contribution < -0.4 is 20.3 Å². The van der Waals surface area contributed by atoms with Gasteiger partial charge < -0.3 is 20.3 Å². The van der Waals surface area contributed by atoms with E-state index in [2.05, 4.69) is 41.3 Å². The lowest BCUT2D eigenvalue weighted by molar-refractivity contribution is 0.250. The molecule has 0 aliphatic rings. The zero-order valence-electron chi connectivity index (χ0n) is 24.4. The molecule has 4 rings (SSSR count). The zero-order chi connectivity index (χ0) is 29.0. The van der Waals surface area contributed by atoms with Gasteiger partial charge in [0.2, 0.25) is 0 Å². The number of aromatic nitrogens is 2. The number of halogens is 1. The van der Waals surface area contributed by atoms with Gasteiger partial charge in [-0.05, 0) is 72.7 Å². The highest BCUT2D eigenvalue weighted by Gasteiger charge is 2.16. The van der Waals surface area contributed by atoms with Crippen molar-refractivity contribution in [2.75, 3.05) is 30.9 Å². The minimum atomic E-state index is -0.482. The van der Waals surface area contributed by atoms with E-state index in [0.29, 0.717) is 13.1 Å². The lowest BCUT2D eigenvalue weighted by Crippen LogP contribution is -2.31. The highest BCUT2D eigenvalue weighted by atomic mass is 19.1. The van der Waals surface area contributed by atoms with Crippen LogP contribution >= 0.6 is 0 Å². The number of amides is 2. The Bertz CT molecular complexity index is 1510. The number of methoxy groups -OCH3 is 1. The number of fused-ring (bicyclic) bond motifs is 1. The molecule has 2 N–H and O–H groups in total. The smallest absolute Gasteiger partial charge is 0.319 e. The van der Waals surface area contributed by atoms with E-state index < -0.39 is 11.8 Å². The average molecular weight is 544 g/mol. The van der Waals surface area contributed by atoms with Gasteiger partial charge in [-0.2, -0.15) is 0 Å². The molecule has 7 nitrogen and oxygen atoms in total. The van der Waals surface area contributed by atoms with Crippen molar-refractivity contribution in [2.24, 2.45) is 5.41 Å². The van der Waals surface area contributed by atoms with E-state index in [0.717, 1.165) is 56.8 Å². The van der Waals surface area contributed by atoms with Crippen molar-refractivity contribution in [3.63, 3.8) is 0 Å². The number of ether oxygens (including phenoxy) is 1. The van der Waals surface area contributed by atoms with E-state index in [4.69, 9.17) is 9.72 Å². The third kappa shape index (κ3) is 7.05. The van der Waals surface area contributed by atoms with E-state index in [1.54, 1.807) is 13.2 Å². The first-order valence-electron chi connectivity index (χ1n) is 13.4. The van der Waals surface area contributed by atoms with Gasteiger partial charge in [0.15, 0.2) is 0 Å². The predicted molar refractivity (Wildman–Crippen MR) is 161 cm³/mol. The Morgan fingerprint density at radius 2 is 1.77 bits per heavy atom. The van der Waals surface area contributed by atoms with Crippen LogP contribution in [0.1, 0.15) is 44.0 Å². The maximum Gasteiger partial charge on any atom is 0.319 e. The van der Waals surface area contributed by atoms with Crippen LogP contribution in [0.25, 0.3) is 22.0 Å². The number of aryl methyl sites for hydroxylation is 2. The van der Waals surface area contributed by atoms with Gasteiger partial charge >= 0.3 is 6.03 Å². The molecule has 0 aliphatic carbocycles. The Morgan fingerprint density at radius 1 is 1.05 bits per heavy atom. The number of nitrogens with one attached hydrogen (secondary N) is 2. The predicted octanol–water partition coefficient (Wildman–Crippen LogP) is 7.26. The van der Waals surface area contributed by atoms with Gasteiger partial charge in [-0.15, -0.1) is 0 Å². The molecule has 8 heteroatoms. The monoisotopic (exact) mass is 543 g/mol. The van der Waals surface area contributed by atoms with Gasteiger partial charge in [-0.1, -0.05) is 32.9 Å². The summed E-state index contributed by atoms with van der Waals surface area (Å²) >= 11 is 0. The van der Waals surface area contributed by atoms with E-state index in [-0.39, 0.29) is 11.1 Å². The fourth-order valence-corrected chi connectivity index (χ4v) is 4.50. The van der Waals surface area contributed by atoms with Crippen LogP contribution in [0.2, 0.25) is 0 Å². The molecule has 2 heterocycles. The summed E-state index contributed by atoms with van der Waals surface area (Å²) in [6, 6.07) is 14.6. The second kappa shape index (κ2) is 11.9. The maximum absolute atomic E-state index is 14.8. The standard InChI is InChI=1S/C32H38FN5O2/c1-20-14-27(33)29(37-31(39)34-13-12-32(3,4)5)16-25(20)26-15-23-18-35-30(17-28(23)36-21(26)2)38(6)19-22-8-10-24(40-7)11-9-22/h8-11,14-18H,12-13,19H2,1-7H3,(H2,34,37,39). The molecular weight excluding hydrogens is 505 g/mol. The molecule has 0 atom stereocenters. The summed E-state index contributed by atoms with van der Waals surface area (Å²) in [7, 11) is 3.65. The average Bonchev–Trinajstić information content (AvgIpc) is 2.89. The summed E-state index contributed by atoms with van der Waals surface area (Å²) in [6.45, 7) is 11.3. The van der Waals surface area contributed by atoms with Crippen LogP contribution in [-0.2, 0) is 6.54 Å². The molecular formula is C32H38FN5O2. The SMILES string of the molecule is COc1ccc(CN(C)c2cc3nc(C)c(-c4cc(NC(=O)NCCC(C)(C)C)c(F)cc4C)cc3cn2)cc1. The van der Waals surface area contributed by atoms with Gasteiger partial charge in [0, 0.05) is 49.0 Å². The quantitative estimate of drug-likeness (QED) is 0.245. The largest absolute Gasteiger partial charge is 0.497 e. The Labute approximate surface area is 235 Å². The molecule has 0 aliphatic heterocycles. The minimum Gasteiger partial charge on any atom is -0.497 e. The number of hydrogen-bond acceptors (Lipinski definition) is 5. The second-order valence-corrected chi connectivity index (χ2v) is 11.4. The first-order chi connectivity index (χ1) is 18.9. The number of rotatable bonds is 8. The topological polar surface area (TPSA) is 79.4 Å². The summed E-state index contributed by atoms with van der Waals surface area (Å²) in [6.07, 6.45) is 2.63. The lowest BCUT2D eigenvalue weighted by atomic mass is 9.92. The molecule has 0 saturated carbocycles. The van der Waals surface area contributed by atoms with Gasteiger partial charge in [0.25, 0.3) is 0 Å². The Morgan fingerprint density at radius 3 is 2.45 bits per heavy atom. The molecule has 40 heavy (non-hydrogen) atoms. The molecule has 210 valence electrons. The molecule has 4 aromatic rings. The fourth-order valence-electron chi connectivity index (χ4n) is 4.50. The van der Waals surface area contributed by atoms with Crippen LogP contribution in [0.3, 0.4) is 0 Å². The van der Waals surface area contributed by atoms with Crippen LogP contribution in [0, 0.1) is 25.1 Å². The third-order valence-electron chi connectivity index (χ3n) is 6.86. The zero-order valence-corrected chi connectivity index (χ0v) is 24.4. The molecule has 2 aromatic heterocycles. The summed E-state index contributed by atoms with van der Waals surface area (Å²) in [4.78, 5) is 24.0. The first kappa shape index (κ1) is 28.8. The normalized spacial score (nSPS) is 11.4. The van der Waals surface area contributed by atoms with E-state index in [1.807, 2.05) is 63.5 Å². The van der Waals surface area contributed by atoms with Gasteiger partial charge in [-0.3, -0.25) is 4.98 Å². The number of nitrogens with zero attached hydrogens (tertiary/aromatic N) is 3. The summed E-state index contributed by atoms with van der Waals surface area (Å²) in [5, 5.41) is 6.35. The van der Waals surface area contributed by atoms with E-state index >= 15 is 0 Å². The molecule has 0 unspecified atom stereocenters.